The fourth-order valence-electron chi connectivity index (χ4n) is 7.45. The first-order chi connectivity index (χ1) is 26.4. The van der Waals surface area contributed by atoms with Gasteiger partial charge in [-0.25, -0.2) is 9.59 Å². The summed E-state index contributed by atoms with van der Waals surface area (Å²) in [5, 5.41) is 26.3. The molecular formula is C43H53N3O8S. The van der Waals surface area contributed by atoms with Gasteiger partial charge in [-0.15, -0.1) is 11.8 Å². The van der Waals surface area contributed by atoms with E-state index in [1.54, 1.807) is 24.3 Å². The number of amides is 3. The topological polar surface area (TPSA) is 154 Å². The summed E-state index contributed by atoms with van der Waals surface area (Å²) in [7, 11) is 0. The molecule has 0 radical (unpaired) electrons. The summed E-state index contributed by atoms with van der Waals surface area (Å²) in [4.78, 5) is 52.7. The Hall–Kier alpha value is -4.97. The van der Waals surface area contributed by atoms with Gasteiger partial charge in [0, 0.05) is 23.8 Å². The van der Waals surface area contributed by atoms with Gasteiger partial charge in [0.25, 0.3) is 11.8 Å². The van der Waals surface area contributed by atoms with Crippen LogP contribution in [0.15, 0.2) is 83.6 Å². The van der Waals surface area contributed by atoms with Gasteiger partial charge in [0.05, 0.1) is 0 Å². The highest BCUT2D eigenvalue weighted by Crippen LogP contribution is 2.47. The van der Waals surface area contributed by atoms with Crippen molar-refractivity contribution in [2.24, 2.45) is 5.92 Å². The lowest BCUT2D eigenvalue weighted by atomic mass is 9.73. The molecule has 55 heavy (non-hydrogen) atoms. The minimum atomic E-state index is -1.27. The number of thioether (sulfide) groups is 1. The van der Waals surface area contributed by atoms with E-state index in [0.717, 1.165) is 68.1 Å². The quantitative estimate of drug-likeness (QED) is 0.0725. The number of phenols is 1. The van der Waals surface area contributed by atoms with Crippen LogP contribution in [0.5, 0.6) is 17.2 Å². The number of nitrogens with zero attached hydrogens (tertiary/aromatic N) is 1. The minimum absolute atomic E-state index is 0.0195. The number of aliphatic carboxylic acids is 1. The number of carbonyl (C=O) groups is 4. The highest BCUT2D eigenvalue weighted by Gasteiger charge is 2.54. The van der Waals surface area contributed by atoms with Gasteiger partial charge >= 0.3 is 12.1 Å². The lowest BCUT2D eigenvalue weighted by Gasteiger charge is -2.49. The fraction of sp³-hybridized carbons (Fsp3) is 0.442. The van der Waals surface area contributed by atoms with Crippen molar-refractivity contribution >= 4 is 35.6 Å². The van der Waals surface area contributed by atoms with E-state index in [1.165, 1.54) is 22.2 Å². The van der Waals surface area contributed by atoms with Crippen LogP contribution < -0.4 is 20.1 Å². The van der Waals surface area contributed by atoms with Gasteiger partial charge < -0.3 is 30.3 Å². The SMILES string of the molecule is C=C(C)[C@@H]1CCC(C)=C[C@H]1c1c(O)cc(CCCCC)cc1OC(=O)NC/C=C/C1=C(C(=O)O)N2C(=O)[C@@H](NC(=O)COc3ccccc3CCC)[C@H]2SC1. The predicted molar refractivity (Wildman–Crippen MR) is 214 cm³/mol. The number of fused-ring (bicyclic) bond motifs is 1. The first kappa shape index (κ1) is 41.2. The number of nitrogens with one attached hydrogen (secondary N) is 2. The molecule has 3 aliphatic rings. The average Bonchev–Trinajstić information content (AvgIpc) is 3.14. The van der Waals surface area contributed by atoms with Gasteiger partial charge in [0.2, 0.25) is 0 Å². The second kappa shape index (κ2) is 19.1. The van der Waals surface area contributed by atoms with Crippen LogP contribution in [0, 0.1) is 5.92 Å². The molecule has 2 aromatic rings. The number of aryl methyl sites for hydroxylation is 2. The van der Waals surface area contributed by atoms with Gasteiger partial charge in [-0.1, -0.05) is 87.3 Å². The lowest BCUT2D eigenvalue weighted by molar-refractivity contribution is -0.150. The second-order valence-corrected chi connectivity index (χ2v) is 15.6. The molecule has 4 atom stereocenters. The van der Waals surface area contributed by atoms with Crippen molar-refractivity contribution < 1.29 is 38.9 Å². The molecule has 4 N–H and O–H groups in total. The third-order valence-electron chi connectivity index (χ3n) is 10.2. The summed E-state index contributed by atoms with van der Waals surface area (Å²) in [5.41, 5.74) is 4.86. The van der Waals surface area contributed by atoms with Crippen LogP contribution in [0.1, 0.15) is 88.8 Å². The molecule has 11 nitrogen and oxygen atoms in total. The van der Waals surface area contributed by atoms with Crippen LogP contribution >= 0.6 is 11.8 Å². The number of β-lactam (4-membered cyclic amide) rings is 1. The Labute approximate surface area is 327 Å². The Balaban J connectivity index is 1.22. The lowest BCUT2D eigenvalue weighted by Crippen LogP contribution is -2.70. The number of carboxylic acids is 1. The maximum atomic E-state index is 13.2. The Morgan fingerprint density at radius 3 is 2.60 bits per heavy atom. The van der Waals surface area contributed by atoms with Crippen LogP contribution in [-0.2, 0) is 27.2 Å². The average molecular weight is 772 g/mol. The summed E-state index contributed by atoms with van der Waals surface area (Å²) in [6, 6.07) is 10.2. The molecule has 0 spiro atoms. The standard InChI is InChI=1S/C43H53N3O8S/c1-6-8-9-14-28-22-33(47)37(32-21-27(5)18-19-31(32)26(3)4)35(23-28)54-43(52)44-20-12-16-30-25-55-41-38(40(49)46(41)39(30)42(50)51)45-36(48)24-53-34-17-11-10-15-29(34)13-7-2/h10-12,15-17,21-23,31-32,38,41,47H,3,6-9,13-14,18-20,24-25H2,1-2,4-5H3,(H,44,52)(H,45,48)(H,50,51)/b16-12+/t31-,32+,38+,41+/m0/s1. The molecule has 1 fully saturated rings. The zero-order chi connectivity index (χ0) is 39.6. The van der Waals surface area contributed by atoms with E-state index in [9.17, 15) is 29.4 Å². The number of unbranched alkanes of at least 4 members (excludes halogenated alkanes) is 2. The van der Waals surface area contributed by atoms with E-state index in [0.29, 0.717) is 22.6 Å². The normalized spacial score (nSPS) is 20.7. The van der Waals surface area contributed by atoms with Gasteiger partial charge in [-0.3, -0.25) is 14.5 Å². The van der Waals surface area contributed by atoms with E-state index in [-0.39, 0.29) is 42.2 Å². The molecule has 1 saturated heterocycles. The Morgan fingerprint density at radius 1 is 1.09 bits per heavy atom. The number of hydrogen-bond donors (Lipinski definition) is 4. The Morgan fingerprint density at radius 2 is 1.87 bits per heavy atom. The minimum Gasteiger partial charge on any atom is -0.507 e. The number of phenolic OH excluding ortho intramolecular Hbond substituents is 1. The molecule has 0 saturated carbocycles. The van der Waals surface area contributed by atoms with E-state index < -0.39 is 35.3 Å². The van der Waals surface area contributed by atoms with Gasteiger partial charge in [0.1, 0.15) is 34.4 Å². The molecule has 0 bridgehead atoms. The molecule has 1 aliphatic carbocycles. The highest BCUT2D eigenvalue weighted by atomic mass is 32.2. The van der Waals surface area contributed by atoms with Crippen LogP contribution in [0.2, 0.25) is 0 Å². The molecule has 12 heteroatoms. The first-order valence-electron chi connectivity index (χ1n) is 19.1. The highest BCUT2D eigenvalue weighted by molar-refractivity contribution is 8.00. The number of benzene rings is 2. The second-order valence-electron chi connectivity index (χ2n) is 14.5. The number of rotatable bonds is 17. The molecule has 3 amide bonds. The number of aromatic hydroxyl groups is 1. The van der Waals surface area contributed by atoms with E-state index >= 15 is 0 Å². The number of ether oxygens (including phenoxy) is 2. The molecule has 2 heterocycles. The number of carbonyl (C=O) groups excluding carboxylic acids is 3. The summed E-state index contributed by atoms with van der Waals surface area (Å²) in [5.74, 6) is -1.11. The van der Waals surface area contributed by atoms with Gasteiger partial charge in [-0.2, -0.15) is 0 Å². The fourth-order valence-corrected chi connectivity index (χ4v) is 8.76. The zero-order valence-corrected chi connectivity index (χ0v) is 33.0. The maximum absolute atomic E-state index is 13.2. The monoisotopic (exact) mass is 771 g/mol. The number of carboxylic acid groups (broad SMARTS) is 1. The smallest absolute Gasteiger partial charge is 0.412 e. The van der Waals surface area contributed by atoms with Gasteiger partial charge in [-0.05, 0) is 86.8 Å². The Kier molecular flexibility index (Phi) is 14.3. The number of allylic oxidation sites excluding steroid dienone is 4. The largest absolute Gasteiger partial charge is 0.507 e. The number of para-hydroxylation sites is 1. The van der Waals surface area contributed by atoms with E-state index in [1.807, 2.05) is 31.2 Å². The van der Waals surface area contributed by atoms with Crippen molar-refractivity contribution in [1.82, 2.24) is 15.5 Å². The molecule has 5 rings (SSSR count). The Bertz CT molecular complexity index is 1880. The van der Waals surface area contributed by atoms with Crippen LogP contribution in [-0.4, -0.2) is 69.3 Å². The van der Waals surface area contributed by atoms with Crippen molar-refractivity contribution in [3.63, 3.8) is 0 Å². The summed E-state index contributed by atoms with van der Waals surface area (Å²) >= 11 is 1.34. The third-order valence-corrected chi connectivity index (χ3v) is 11.5. The first-order valence-corrected chi connectivity index (χ1v) is 20.2. The number of hydrogen-bond acceptors (Lipinski definition) is 8. The molecule has 0 unspecified atom stereocenters. The van der Waals surface area contributed by atoms with Gasteiger partial charge in [0.15, 0.2) is 6.61 Å². The van der Waals surface area contributed by atoms with E-state index in [2.05, 4.69) is 44.1 Å². The van der Waals surface area contributed by atoms with E-state index in [4.69, 9.17) is 9.47 Å². The zero-order valence-electron chi connectivity index (χ0n) is 32.2. The van der Waals surface area contributed by atoms with Crippen molar-refractivity contribution in [2.45, 2.75) is 96.4 Å². The summed E-state index contributed by atoms with van der Waals surface area (Å²) < 4.78 is 11.6. The third kappa shape index (κ3) is 10.0. The predicted octanol–water partition coefficient (Wildman–Crippen LogP) is 7.56. The summed E-state index contributed by atoms with van der Waals surface area (Å²) in [6.45, 7) is 12.2. The van der Waals surface area contributed by atoms with Crippen LogP contribution in [0.3, 0.4) is 0 Å². The summed E-state index contributed by atoms with van der Waals surface area (Å²) in [6.07, 6.45) is 11.9. The van der Waals surface area contributed by atoms with Crippen molar-refractivity contribution in [3.05, 3.63) is 100 Å². The van der Waals surface area contributed by atoms with Crippen molar-refractivity contribution in [2.75, 3.05) is 18.9 Å². The van der Waals surface area contributed by atoms with Crippen LogP contribution in [0.4, 0.5) is 4.79 Å². The molecule has 2 aromatic carbocycles. The van der Waals surface area contributed by atoms with Crippen molar-refractivity contribution in [3.8, 4) is 17.2 Å². The van der Waals surface area contributed by atoms with Crippen molar-refractivity contribution in [1.29, 1.82) is 0 Å². The maximum Gasteiger partial charge on any atom is 0.412 e. The molecule has 294 valence electrons. The molecule has 2 aliphatic heterocycles. The molecular weight excluding hydrogens is 719 g/mol. The van der Waals surface area contributed by atoms with Crippen LogP contribution in [0.25, 0.3) is 0 Å². The molecule has 0 aromatic heterocycles.